The van der Waals surface area contributed by atoms with E-state index in [1.165, 1.54) is 0 Å². The Labute approximate surface area is 145 Å². The normalized spacial score (nSPS) is 12.3. The molecule has 128 valence electrons. The Hall–Kier alpha value is -2.55. The van der Waals surface area contributed by atoms with E-state index in [1.54, 1.807) is 12.0 Å². The summed E-state index contributed by atoms with van der Waals surface area (Å²) in [5.41, 5.74) is 2.64. The summed E-state index contributed by atoms with van der Waals surface area (Å²) in [7, 11) is 1.64. The summed E-state index contributed by atoms with van der Waals surface area (Å²) in [5.74, 6) is 0.805. The molecule has 1 aromatic rings. The molecule has 0 aliphatic carbocycles. The van der Waals surface area contributed by atoms with E-state index in [4.69, 9.17) is 4.74 Å². The molecule has 24 heavy (non-hydrogen) atoms. The minimum atomic E-state index is 0.00160. The van der Waals surface area contributed by atoms with Crippen LogP contribution in [0.3, 0.4) is 0 Å². The molecule has 1 aromatic carbocycles. The summed E-state index contributed by atoms with van der Waals surface area (Å²) in [5, 5.41) is 0. The van der Waals surface area contributed by atoms with Gasteiger partial charge in [-0.1, -0.05) is 36.4 Å². The maximum absolute atomic E-state index is 12.8. The first-order chi connectivity index (χ1) is 11.6. The zero-order chi connectivity index (χ0) is 17.9. The smallest absolute Gasteiger partial charge is 0.253 e. The molecule has 0 radical (unpaired) electrons. The lowest BCUT2D eigenvalue weighted by Gasteiger charge is -2.25. The second-order valence-corrected chi connectivity index (χ2v) is 5.36. The minimum Gasteiger partial charge on any atom is -0.497 e. The number of rotatable bonds is 8. The Kier molecular flexibility index (Phi) is 8.34. The summed E-state index contributed by atoms with van der Waals surface area (Å²) in [6, 6.07) is 7.77. The van der Waals surface area contributed by atoms with Crippen LogP contribution in [0.1, 0.15) is 32.8 Å². The van der Waals surface area contributed by atoms with Crippen LogP contribution in [0.2, 0.25) is 0 Å². The molecule has 0 atom stereocenters. The first-order valence-corrected chi connectivity index (χ1v) is 8.08. The van der Waals surface area contributed by atoms with Crippen molar-refractivity contribution < 1.29 is 9.53 Å². The molecule has 0 aliphatic rings. The molecular weight excluding hydrogens is 298 g/mol. The van der Waals surface area contributed by atoms with Crippen molar-refractivity contribution in [3.8, 4) is 5.75 Å². The average molecular weight is 325 g/mol. The van der Waals surface area contributed by atoms with Crippen LogP contribution in [-0.4, -0.2) is 17.9 Å². The van der Waals surface area contributed by atoms with E-state index in [1.807, 2.05) is 75.4 Å². The van der Waals surface area contributed by atoms with Crippen molar-refractivity contribution in [2.45, 2.75) is 33.7 Å². The van der Waals surface area contributed by atoms with Gasteiger partial charge in [-0.15, -0.1) is 6.58 Å². The lowest BCUT2D eigenvalue weighted by atomic mass is 10.1. The summed E-state index contributed by atoms with van der Waals surface area (Å²) in [4.78, 5) is 14.6. The van der Waals surface area contributed by atoms with Crippen molar-refractivity contribution in [3.05, 3.63) is 78.1 Å². The van der Waals surface area contributed by atoms with Crippen LogP contribution in [0.4, 0.5) is 0 Å². The zero-order valence-corrected chi connectivity index (χ0v) is 15.1. The van der Waals surface area contributed by atoms with E-state index in [0.29, 0.717) is 13.0 Å². The monoisotopic (exact) mass is 325 g/mol. The molecule has 3 heteroatoms. The van der Waals surface area contributed by atoms with E-state index in [-0.39, 0.29) is 5.91 Å². The number of carbonyl (C=O) groups excluding carboxylic acids is 1. The number of ether oxygens (including phenoxy) is 1. The quantitative estimate of drug-likeness (QED) is 0.381. The van der Waals surface area contributed by atoms with Crippen LogP contribution in [0.15, 0.2) is 72.5 Å². The number of benzene rings is 1. The van der Waals surface area contributed by atoms with Gasteiger partial charge >= 0.3 is 0 Å². The Bertz CT molecular complexity index is 636. The average Bonchev–Trinajstić information content (AvgIpc) is 2.62. The van der Waals surface area contributed by atoms with Gasteiger partial charge in [0.2, 0.25) is 0 Å². The Morgan fingerprint density at radius 1 is 1.25 bits per heavy atom. The predicted octanol–water partition coefficient (Wildman–Crippen LogP) is 5.03. The van der Waals surface area contributed by atoms with Gasteiger partial charge in [0.25, 0.3) is 5.91 Å². The second-order valence-electron chi connectivity index (χ2n) is 5.36. The molecule has 0 N–H and O–H groups in total. The summed E-state index contributed by atoms with van der Waals surface area (Å²) >= 11 is 0. The lowest BCUT2D eigenvalue weighted by Crippen LogP contribution is -2.30. The third-order valence-electron chi connectivity index (χ3n) is 3.66. The van der Waals surface area contributed by atoms with Crippen molar-refractivity contribution in [1.82, 2.24) is 4.90 Å². The fourth-order valence-electron chi connectivity index (χ4n) is 2.17. The van der Waals surface area contributed by atoms with Crippen LogP contribution in [0, 0.1) is 0 Å². The molecule has 0 fully saturated rings. The van der Waals surface area contributed by atoms with Crippen molar-refractivity contribution in [2.24, 2.45) is 0 Å². The third kappa shape index (κ3) is 5.58. The maximum atomic E-state index is 12.8. The van der Waals surface area contributed by atoms with Gasteiger partial charge in [0.05, 0.1) is 13.7 Å². The van der Waals surface area contributed by atoms with Gasteiger partial charge in [0.1, 0.15) is 5.75 Å². The van der Waals surface area contributed by atoms with Gasteiger partial charge in [0.15, 0.2) is 0 Å². The first kappa shape index (κ1) is 19.5. The van der Waals surface area contributed by atoms with Gasteiger partial charge in [-0.05, 0) is 51.0 Å². The molecule has 0 aromatic heterocycles. The standard InChI is InChI=1S/C21H27NO2/c1-6-9-11-19(10-7-2)22(21(23)17(4)8-3)16-18-12-14-20(24-5)15-13-18/h6-8,10-15H,1,9,16H2,2-5H3/b10-7+,17-8+,19-11+. The highest BCUT2D eigenvalue weighted by Crippen LogP contribution is 2.19. The minimum absolute atomic E-state index is 0.00160. The number of hydrogen-bond donors (Lipinski definition) is 0. The van der Waals surface area contributed by atoms with Gasteiger partial charge in [0, 0.05) is 11.3 Å². The SMILES string of the molecule is C=CC/C=C(\C=C\C)N(Cc1ccc(OC)cc1)C(=O)/C(C)=C/C. The summed E-state index contributed by atoms with van der Waals surface area (Å²) in [6.45, 7) is 9.91. The van der Waals surface area contributed by atoms with Crippen LogP contribution >= 0.6 is 0 Å². The maximum Gasteiger partial charge on any atom is 0.253 e. The fourth-order valence-corrected chi connectivity index (χ4v) is 2.17. The molecule has 1 amide bonds. The van der Waals surface area contributed by atoms with E-state index in [9.17, 15) is 4.79 Å². The number of methoxy groups -OCH3 is 1. The predicted molar refractivity (Wildman–Crippen MR) is 101 cm³/mol. The molecule has 0 saturated heterocycles. The van der Waals surface area contributed by atoms with Crippen LogP contribution in [0.5, 0.6) is 5.75 Å². The Balaban J connectivity index is 3.20. The highest BCUT2D eigenvalue weighted by molar-refractivity contribution is 5.94. The van der Waals surface area contributed by atoms with Crippen molar-refractivity contribution in [2.75, 3.05) is 7.11 Å². The highest BCUT2D eigenvalue weighted by Gasteiger charge is 2.18. The van der Waals surface area contributed by atoms with E-state index in [0.717, 1.165) is 22.6 Å². The number of nitrogens with zero attached hydrogens (tertiary/aromatic N) is 1. The summed E-state index contributed by atoms with van der Waals surface area (Å²) in [6.07, 6.45) is 10.3. The largest absolute Gasteiger partial charge is 0.497 e. The van der Waals surface area contributed by atoms with E-state index >= 15 is 0 Å². The van der Waals surface area contributed by atoms with Crippen molar-refractivity contribution in [3.63, 3.8) is 0 Å². The number of allylic oxidation sites excluding steroid dienone is 5. The number of hydrogen-bond acceptors (Lipinski definition) is 2. The molecule has 1 rings (SSSR count). The molecule has 0 bridgehead atoms. The molecule has 0 aliphatic heterocycles. The van der Waals surface area contributed by atoms with Crippen molar-refractivity contribution in [1.29, 1.82) is 0 Å². The third-order valence-corrected chi connectivity index (χ3v) is 3.66. The van der Waals surface area contributed by atoms with Gasteiger partial charge in [-0.25, -0.2) is 0 Å². The Morgan fingerprint density at radius 2 is 1.92 bits per heavy atom. The van der Waals surface area contributed by atoms with Crippen LogP contribution in [-0.2, 0) is 11.3 Å². The van der Waals surface area contributed by atoms with E-state index < -0.39 is 0 Å². The number of carbonyl (C=O) groups is 1. The number of amides is 1. The topological polar surface area (TPSA) is 29.5 Å². The van der Waals surface area contributed by atoms with Crippen molar-refractivity contribution >= 4 is 5.91 Å². The molecule has 0 unspecified atom stereocenters. The molecule has 0 spiro atoms. The Morgan fingerprint density at radius 3 is 2.42 bits per heavy atom. The molecule has 3 nitrogen and oxygen atoms in total. The van der Waals surface area contributed by atoms with Gasteiger partial charge in [-0.3, -0.25) is 4.79 Å². The molecule has 0 saturated carbocycles. The van der Waals surface area contributed by atoms with Crippen LogP contribution in [0.25, 0.3) is 0 Å². The van der Waals surface area contributed by atoms with Gasteiger partial charge < -0.3 is 9.64 Å². The summed E-state index contributed by atoms with van der Waals surface area (Å²) < 4.78 is 5.19. The second kappa shape index (κ2) is 10.3. The van der Waals surface area contributed by atoms with Gasteiger partial charge in [-0.2, -0.15) is 0 Å². The molecule has 0 heterocycles. The lowest BCUT2D eigenvalue weighted by molar-refractivity contribution is -0.125. The van der Waals surface area contributed by atoms with E-state index in [2.05, 4.69) is 6.58 Å². The fraction of sp³-hybridized carbons (Fsp3) is 0.286. The first-order valence-electron chi connectivity index (χ1n) is 8.08. The zero-order valence-electron chi connectivity index (χ0n) is 15.1. The highest BCUT2D eigenvalue weighted by atomic mass is 16.5. The molecular formula is C21H27NO2. The van der Waals surface area contributed by atoms with Crippen LogP contribution < -0.4 is 4.74 Å².